The van der Waals surface area contributed by atoms with Crippen molar-refractivity contribution in [3.63, 3.8) is 0 Å². The Hall–Kier alpha value is -2.37. The molecule has 0 atom stereocenters. The van der Waals surface area contributed by atoms with Gasteiger partial charge in [-0.05, 0) is 49.8 Å². The highest BCUT2D eigenvalue weighted by Gasteiger charge is 2.13. The molecule has 0 aliphatic rings. The van der Waals surface area contributed by atoms with Gasteiger partial charge in [-0.25, -0.2) is 0 Å². The highest BCUT2D eigenvalue weighted by Crippen LogP contribution is 2.21. The van der Waals surface area contributed by atoms with E-state index < -0.39 is 0 Å². The van der Waals surface area contributed by atoms with Crippen LogP contribution in [0.25, 0.3) is 0 Å². The summed E-state index contributed by atoms with van der Waals surface area (Å²) in [5.74, 6) is 0. The molecule has 25 heavy (non-hydrogen) atoms. The summed E-state index contributed by atoms with van der Waals surface area (Å²) in [5.41, 5.74) is 4.92. The largest absolute Gasteiger partial charge is 0.332 e. The Morgan fingerprint density at radius 1 is 1.08 bits per heavy atom. The van der Waals surface area contributed by atoms with E-state index in [-0.39, 0.29) is 0 Å². The second-order valence-electron chi connectivity index (χ2n) is 5.78. The third-order valence-electron chi connectivity index (χ3n) is 3.88. The van der Waals surface area contributed by atoms with E-state index in [0.29, 0.717) is 10.1 Å². The van der Waals surface area contributed by atoms with Crippen LogP contribution >= 0.6 is 23.8 Å². The summed E-state index contributed by atoms with van der Waals surface area (Å²) in [7, 11) is 0. The lowest BCUT2D eigenvalue weighted by molar-refractivity contribution is 0.659. The van der Waals surface area contributed by atoms with Crippen molar-refractivity contribution in [2.75, 3.05) is 10.6 Å². The fourth-order valence-electron chi connectivity index (χ4n) is 2.63. The number of hydrogen-bond donors (Lipinski definition) is 2. The summed E-state index contributed by atoms with van der Waals surface area (Å²) in [4.78, 5) is 0. The molecule has 0 saturated carbocycles. The zero-order valence-electron chi connectivity index (χ0n) is 14.1. The summed E-state index contributed by atoms with van der Waals surface area (Å²) >= 11 is 11.4. The van der Waals surface area contributed by atoms with Crippen LogP contribution in [0.15, 0.2) is 54.6 Å². The smallest absolute Gasteiger partial charge is 0.175 e. The van der Waals surface area contributed by atoms with Crippen LogP contribution < -0.4 is 10.6 Å². The average molecular weight is 371 g/mol. The van der Waals surface area contributed by atoms with Crippen molar-refractivity contribution in [3.8, 4) is 0 Å². The monoisotopic (exact) mass is 370 g/mol. The molecule has 0 spiro atoms. The Balaban J connectivity index is 1.73. The Bertz CT molecular complexity index is 890. The molecule has 128 valence electrons. The van der Waals surface area contributed by atoms with Crippen LogP contribution in [0.2, 0.25) is 5.02 Å². The first-order valence-electron chi connectivity index (χ1n) is 7.94. The summed E-state index contributed by atoms with van der Waals surface area (Å²) in [5, 5.41) is 12.2. The molecule has 3 aromatic rings. The molecule has 0 saturated heterocycles. The summed E-state index contributed by atoms with van der Waals surface area (Å²) in [6.07, 6.45) is 0. The molecule has 4 nitrogen and oxygen atoms in total. The molecule has 0 radical (unpaired) electrons. The van der Waals surface area contributed by atoms with Crippen molar-refractivity contribution in [2.45, 2.75) is 20.4 Å². The maximum absolute atomic E-state index is 6.00. The number of anilines is 2. The molecule has 1 heterocycles. The molecule has 2 N–H and O–H groups in total. The van der Waals surface area contributed by atoms with Gasteiger partial charge in [-0.15, -0.1) is 0 Å². The fourth-order valence-corrected chi connectivity index (χ4v) is 3.04. The third-order valence-corrected chi connectivity index (χ3v) is 4.32. The molecule has 0 bridgehead atoms. The van der Waals surface area contributed by atoms with Crippen LogP contribution in [-0.4, -0.2) is 14.9 Å². The predicted molar refractivity (Wildman–Crippen MR) is 109 cm³/mol. The number of thiocarbonyl (C=S) groups is 1. The number of rotatable bonds is 4. The summed E-state index contributed by atoms with van der Waals surface area (Å²) in [6, 6.07) is 17.7. The molecule has 0 aliphatic heterocycles. The normalized spacial score (nSPS) is 10.5. The SMILES string of the molecule is Cc1nn(Cc2ccccc2)c(C)c1NC(=S)Nc1cccc(Cl)c1. The molecule has 0 aliphatic carbocycles. The average Bonchev–Trinajstić information content (AvgIpc) is 2.83. The van der Waals surface area contributed by atoms with Crippen LogP contribution in [0.4, 0.5) is 11.4 Å². The lowest BCUT2D eigenvalue weighted by atomic mass is 10.2. The molecular formula is C19H19ClN4S. The third kappa shape index (κ3) is 4.38. The first-order valence-corrected chi connectivity index (χ1v) is 8.73. The minimum Gasteiger partial charge on any atom is -0.332 e. The molecule has 1 aromatic heterocycles. The zero-order valence-corrected chi connectivity index (χ0v) is 15.7. The number of benzene rings is 2. The molecule has 2 aromatic carbocycles. The van der Waals surface area contributed by atoms with Gasteiger partial charge in [0.05, 0.1) is 23.6 Å². The van der Waals surface area contributed by atoms with E-state index in [0.717, 1.165) is 29.3 Å². The van der Waals surface area contributed by atoms with E-state index in [9.17, 15) is 0 Å². The van der Waals surface area contributed by atoms with Crippen molar-refractivity contribution < 1.29 is 0 Å². The van der Waals surface area contributed by atoms with Crippen LogP contribution in [0.3, 0.4) is 0 Å². The van der Waals surface area contributed by atoms with Crippen LogP contribution in [0, 0.1) is 13.8 Å². The highest BCUT2D eigenvalue weighted by molar-refractivity contribution is 7.80. The number of nitrogens with zero attached hydrogens (tertiary/aromatic N) is 2. The van der Waals surface area contributed by atoms with Gasteiger partial charge in [0.25, 0.3) is 0 Å². The molecule has 6 heteroatoms. The topological polar surface area (TPSA) is 41.9 Å². The Morgan fingerprint density at radius 2 is 1.84 bits per heavy atom. The molecule has 0 unspecified atom stereocenters. The lowest BCUT2D eigenvalue weighted by Crippen LogP contribution is -2.20. The standard InChI is InChI=1S/C19H19ClN4S/c1-13-18(22-19(25)21-17-10-6-9-16(20)11-17)14(2)24(23-13)12-15-7-4-3-5-8-15/h3-11H,12H2,1-2H3,(H2,21,22,25). The van der Waals surface area contributed by atoms with Gasteiger partial charge in [-0.3, -0.25) is 4.68 Å². The minimum absolute atomic E-state index is 0.507. The van der Waals surface area contributed by atoms with E-state index >= 15 is 0 Å². The van der Waals surface area contributed by atoms with Crippen molar-refractivity contribution >= 4 is 40.3 Å². The van der Waals surface area contributed by atoms with Gasteiger partial charge in [0.15, 0.2) is 5.11 Å². The summed E-state index contributed by atoms with van der Waals surface area (Å²) in [6.45, 7) is 4.73. The minimum atomic E-state index is 0.507. The van der Waals surface area contributed by atoms with Gasteiger partial charge < -0.3 is 10.6 Å². The second-order valence-corrected chi connectivity index (χ2v) is 6.62. The maximum atomic E-state index is 6.00. The van der Waals surface area contributed by atoms with Gasteiger partial charge in [-0.2, -0.15) is 5.10 Å². The number of halogens is 1. The highest BCUT2D eigenvalue weighted by atomic mass is 35.5. The van der Waals surface area contributed by atoms with E-state index in [1.165, 1.54) is 5.56 Å². The Morgan fingerprint density at radius 3 is 2.56 bits per heavy atom. The second kappa shape index (κ2) is 7.68. The number of hydrogen-bond acceptors (Lipinski definition) is 2. The predicted octanol–water partition coefficient (Wildman–Crippen LogP) is 5.01. The van der Waals surface area contributed by atoms with E-state index in [2.05, 4.69) is 27.9 Å². The van der Waals surface area contributed by atoms with Crippen LogP contribution in [-0.2, 0) is 6.54 Å². The molecular weight excluding hydrogens is 352 g/mol. The summed E-state index contributed by atoms with van der Waals surface area (Å²) < 4.78 is 1.98. The van der Waals surface area contributed by atoms with Crippen LogP contribution in [0.5, 0.6) is 0 Å². The molecule has 3 rings (SSSR count). The maximum Gasteiger partial charge on any atom is 0.175 e. The van der Waals surface area contributed by atoms with Crippen molar-refractivity contribution in [3.05, 3.63) is 76.6 Å². The Labute approximate surface area is 157 Å². The zero-order chi connectivity index (χ0) is 17.8. The van der Waals surface area contributed by atoms with Crippen molar-refractivity contribution in [2.24, 2.45) is 0 Å². The van der Waals surface area contributed by atoms with E-state index in [1.807, 2.05) is 61.0 Å². The molecule has 0 amide bonds. The van der Waals surface area contributed by atoms with Gasteiger partial charge in [0.2, 0.25) is 0 Å². The van der Waals surface area contributed by atoms with Crippen LogP contribution in [0.1, 0.15) is 17.0 Å². The first-order chi connectivity index (χ1) is 12.0. The fraction of sp³-hybridized carbons (Fsp3) is 0.158. The first kappa shape index (κ1) is 17.5. The van der Waals surface area contributed by atoms with E-state index in [4.69, 9.17) is 23.8 Å². The van der Waals surface area contributed by atoms with E-state index in [1.54, 1.807) is 0 Å². The number of aryl methyl sites for hydroxylation is 1. The Kier molecular flexibility index (Phi) is 5.36. The molecule has 0 fully saturated rings. The quantitative estimate of drug-likeness (QED) is 0.633. The van der Waals surface area contributed by atoms with Crippen molar-refractivity contribution in [1.29, 1.82) is 0 Å². The van der Waals surface area contributed by atoms with Crippen molar-refractivity contribution in [1.82, 2.24) is 9.78 Å². The van der Waals surface area contributed by atoms with Gasteiger partial charge in [-0.1, -0.05) is 48.0 Å². The van der Waals surface area contributed by atoms with Gasteiger partial charge in [0, 0.05) is 10.7 Å². The lowest BCUT2D eigenvalue weighted by Gasteiger charge is -2.11. The number of nitrogens with one attached hydrogen (secondary N) is 2. The van der Waals surface area contributed by atoms with Gasteiger partial charge in [0.1, 0.15) is 0 Å². The number of aromatic nitrogens is 2. The van der Waals surface area contributed by atoms with Gasteiger partial charge >= 0.3 is 0 Å².